The number of nitrogens with zero attached hydrogens (tertiary/aromatic N) is 2. The molecule has 1 fully saturated rings. The highest BCUT2D eigenvalue weighted by Gasteiger charge is 2.16. The summed E-state index contributed by atoms with van der Waals surface area (Å²) in [7, 11) is 0. The molecule has 110 valence electrons. The number of nitrogens with one attached hydrogen (secondary N) is 1. The van der Waals surface area contributed by atoms with Crippen molar-refractivity contribution in [1.82, 2.24) is 4.90 Å². The molecular formula is C15H23N3O2. The maximum Gasteiger partial charge on any atom is 0.269 e. The molecule has 1 saturated heterocycles. The van der Waals surface area contributed by atoms with Gasteiger partial charge in [0.2, 0.25) is 0 Å². The van der Waals surface area contributed by atoms with E-state index < -0.39 is 0 Å². The Hall–Kier alpha value is -1.62. The Kier molecular flexibility index (Phi) is 5.35. The van der Waals surface area contributed by atoms with Crippen molar-refractivity contribution in [3.63, 3.8) is 0 Å². The van der Waals surface area contributed by atoms with E-state index in [0.29, 0.717) is 6.04 Å². The molecule has 1 heterocycles. The van der Waals surface area contributed by atoms with Crippen LogP contribution in [0.15, 0.2) is 24.3 Å². The van der Waals surface area contributed by atoms with E-state index in [-0.39, 0.29) is 10.6 Å². The molecular weight excluding hydrogens is 254 g/mol. The van der Waals surface area contributed by atoms with Gasteiger partial charge in [0.1, 0.15) is 0 Å². The zero-order valence-corrected chi connectivity index (χ0v) is 12.0. The minimum Gasteiger partial charge on any atom is -0.385 e. The standard InChI is InChI=1S/C15H23N3O2/c1-13-5-2-3-11-17(13)12-4-10-16-14-6-8-15(9-7-14)18(19)20/h6-9,13,16H,2-5,10-12H2,1H3. The summed E-state index contributed by atoms with van der Waals surface area (Å²) in [5, 5.41) is 13.9. The van der Waals surface area contributed by atoms with Crippen LogP contribution >= 0.6 is 0 Å². The summed E-state index contributed by atoms with van der Waals surface area (Å²) in [5.74, 6) is 0. The van der Waals surface area contributed by atoms with Crippen LogP contribution < -0.4 is 5.32 Å². The van der Waals surface area contributed by atoms with E-state index in [2.05, 4.69) is 17.1 Å². The van der Waals surface area contributed by atoms with Crippen LogP contribution in [0.1, 0.15) is 32.6 Å². The molecule has 0 bridgehead atoms. The maximum absolute atomic E-state index is 10.6. The van der Waals surface area contributed by atoms with Crippen molar-refractivity contribution >= 4 is 11.4 Å². The van der Waals surface area contributed by atoms with Crippen LogP contribution in [0.4, 0.5) is 11.4 Å². The number of nitro groups is 1. The molecule has 2 rings (SSSR count). The molecule has 0 aliphatic carbocycles. The maximum atomic E-state index is 10.6. The van der Waals surface area contributed by atoms with Crippen molar-refractivity contribution in [2.45, 2.75) is 38.6 Å². The van der Waals surface area contributed by atoms with E-state index in [9.17, 15) is 10.1 Å². The second-order valence-corrected chi connectivity index (χ2v) is 5.47. The quantitative estimate of drug-likeness (QED) is 0.492. The second-order valence-electron chi connectivity index (χ2n) is 5.47. The van der Waals surface area contributed by atoms with Crippen molar-refractivity contribution < 1.29 is 4.92 Å². The Labute approximate surface area is 120 Å². The van der Waals surface area contributed by atoms with Gasteiger partial charge in [0.05, 0.1) is 4.92 Å². The second kappa shape index (κ2) is 7.24. The van der Waals surface area contributed by atoms with Crippen LogP contribution in [0, 0.1) is 10.1 Å². The predicted octanol–water partition coefficient (Wildman–Crippen LogP) is 3.27. The number of hydrogen-bond acceptors (Lipinski definition) is 4. The smallest absolute Gasteiger partial charge is 0.269 e. The molecule has 5 nitrogen and oxygen atoms in total. The number of hydrogen-bond donors (Lipinski definition) is 1. The van der Waals surface area contributed by atoms with E-state index in [4.69, 9.17) is 0 Å². The Morgan fingerprint density at radius 3 is 2.75 bits per heavy atom. The monoisotopic (exact) mass is 277 g/mol. The van der Waals surface area contributed by atoms with E-state index in [1.54, 1.807) is 12.1 Å². The van der Waals surface area contributed by atoms with Crippen LogP contribution in [0.3, 0.4) is 0 Å². The molecule has 0 radical (unpaired) electrons. The molecule has 1 aliphatic rings. The van der Waals surface area contributed by atoms with Crippen molar-refractivity contribution in [2.75, 3.05) is 25.0 Å². The number of likely N-dealkylation sites (tertiary alicyclic amines) is 1. The molecule has 1 unspecified atom stereocenters. The average molecular weight is 277 g/mol. The van der Waals surface area contributed by atoms with Crippen LogP contribution in [-0.2, 0) is 0 Å². The number of nitro benzene ring substituents is 1. The van der Waals surface area contributed by atoms with Crippen molar-refractivity contribution in [3.8, 4) is 0 Å². The van der Waals surface area contributed by atoms with Crippen molar-refractivity contribution in [1.29, 1.82) is 0 Å². The van der Waals surface area contributed by atoms with Gasteiger partial charge in [-0.15, -0.1) is 0 Å². The molecule has 1 aromatic carbocycles. The van der Waals surface area contributed by atoms with Crippen LogP contribution in [-0.4, -0.2) is 35.5 Å². The number of non-ortho nitro benzene ring substituents is 1. The lowest BCUT2D eigenvalue weighted by Crippen LogP contribution is -2.38. The van der Waals surface area contributed by atoms with Crippen LogP contribution in [0.25, 0.3) is 0 Å². The van der Waals surface area contributed by atoms with E-state index in [1.807, 2.05) is 0 Å². The topological polar surface area (TPSA) is 58.4 Å². The van der Waals surface area contributed by atoms with E-state index in [1.165, 1.54) is 37.9 Å². The lowest BCUT2D eigenvalue weighted by molar-refractivity contribution is -0.384. The SMILES string of the molecule is CC1CCCCN1CCCNc1ccc([N+](=O)[O-])cc1. The van der Waals surface area contributed by atoms with Gasteiger partial charge in [0.25, 0.3) is 5.69 Å². The highest BCUT2D eigenvalue weighted by molar-refractivity contribution is 5.48. The van der Waals surface area contributed by atoms with Crippen LogP contribution in [0.2, 0.25) is 0 Å². The zero-order chi connectivity index (χ0) is 14.4. The average Bonchev–Trinajstić information content (AvgIpc) is 2.46. The van der Waals surface area contributed by atoms with Gasteiger partial charge in [-0.2, -0.15) is 0 Å². The van der Waals surface area contributed by atoms with Gasteiger partial charge >= 0.3 is 0 Å². The normalized spacial score (nSPS) is 19.8. The van der Waals surface area contributed by atoms with Gasteiger partial charge < -0.3 is 10.2 Å². The molecule has 0 aromatic heterocycles. The third-order valence-corrected chi connectivity index (χ3v) is 3.97. The fourth-order valence-electron chi connectivity index (χ4n) is 2.71. The van der Waals surface area contributed by atoms with Crippen LogP contribution in [0.5, 0.6) is 0 Å². The zero-order valence-electron chi connectivity index (χ0n) is 12.0. The predicted molar refractivity (Wildman–Crippen MR) is 81.1 cm³/mol. The van der Waals surface area contributed by atoms with Gasteiger partial charge in [-0.3, -0.25) is 10.1 Å². The first-order valence-corrected chi connectivity index (χ1v) is 7.39. The minimum absolute atomic E-state index is 0.137. The van der Waals surface area contributed by atoms with Gasteiger partial charge in [-0.1, -0.05) is 6.42 Å². The number of benzene rings is 1. The summed E-state index contributed by atoms with van der Waals surface area (Å²) >= 11 is 0. The van der Waals surface area contributed by atoms with Gasteiger partial charge in [0, 0.05) is 37.0 Å². The van der Waals surface area contributed by atoms with E-state index in [0.717, 1.165) is 25.2 Å². The van der Waals surface area contributed by atoms with E-state index >= 15 is 0 Å². The first kappa shape index (κ1) is 14.8. The Bertz CT molecular complexity index is 433. The summed E-state index contributed by atoms with van der Waals surface area (Å²) in [6.07, 6.45) is 5.09. The van der Waals surface area contributed by atoms with Gasteiger partial charge in [-0.05, 0) is 44.9 Å². The third kappa shape index (κ3) is 4.20. The number of piperidine rings is 1. The summed E-state index contributed by atoms with van der Waals surface area (Å²) in [5.41, 5.74) is 1.08. The molecule has 1 aromatic rings. The molecule has 1 atom stereocenters. The first-order valence-electron chi connectivity index (χ1n) is 7.39. The fourth-order valence-corrected chi connectivity index (χ4v) is 2.71. The van der Waals surface area contributed by atoms with Crippen molar-refractivity contribution in [2.24, 2.45) is 0 Å². The summed E-state index contributed by atoms with van der Waals surface area (Å²) in [6, 6.07) is 7.32. The molecule has 1 aliphatic heterocycles. The molecule has 0 saturated carbocycles. The Morgan fingerprint density at radius 2 is 2.10 bits per heavy atom. The number of rotatable bonds is 6. The van der Waals surface area contributed by atoms with Gasteiger partial charge in [0.15, 0.2) is 0 Å². The summed E-state index contributed by atoms with van der Waals surface area (Å²) in [6.45, 7) is 5.56. The summed E-state index contributed by atoms with van der Waals surface area (Å²) < 4.78 is 0. The minimum atomic E-state index is -0.373. The fraction of sp³-hybridized carbons (Fsp3) is 0.600. The molecule has 0 amide bonds. The van der Waals surface area contributed by atoms with Crippen molar-refractivity contribution in [3.05, 3.63) is 34.4 Å². The third-order valence-electron chi connectivity index (χ3n) is 3.97. The largest absolute Gasteiger partial charge is 0.385 e. The molecule has 5 heteroatoms. The highest BCUT2D eigenvalue weighted by atomic mass is 16.6. The van der Waals surface area contributed by atoms with Gasteiger partial charge in [-0.25, -0.2) is 0 Å². The molecule has 0 spiro atoms. The summed E-state index contributed by atoms with van der Waals surface area (Å²) in [4.78, 5) is 12.7. The molecule has 20 heavy (non-hydrogen) atoms. The molecule has 1 N–H and O–H groups in total. The first-order chi connectivity index (χ1) is 9.66. The Morgan fingerprint density at radius 1 is 1.35 bits per heavy atom. The number of anilines is 1. The lowest BCUT2D eigenvalue weighted by atomic mass is 10.0. The lowest BCUT2D eigenvalue weighted by Gasteiger charge is -2.33. The highest BCUT2D eigenvalue weighted by Crippen LogP contribution is 2.17. The Balaban J connectivity index is 1.69.